The molecule has 1 atom stereocenters. The molecule has 3 heterocycles. The third-order valence-electron chi connectivity index (χ3n) is 6.03. The van der Waals surface area contributed by atoms with E-state index in [0.29, 0.717) is 36.2 Å². The molecule has 2 aliphatic heterocycles. The van der Waals surface area contributed by atoms with Crippen LogP contribution in [0.15, 0.2) is 29.7 Å². The maximum absolute atomic E-state index is 9.88. The molecule has 4 rings (SSSR count). The number of fused-ring (bicyclic) bond motifs is 1. The Kier molecular flexibility index (Phi) is 7.37. The van der Waals surface area contributed by atoms with Crippen molar-refractivity contribution >= 4 is 0 Å². The van der Waals surface area contributed by atoms with Crippen molar-refractivity contribution in [2.24, 2.45) is 5.73 Å². The number of hydrogen-bond donors (Lipinski definition) is 3. The summed E-state index contributed by atoms with van der Waals surface area (Å²) in [4.78, 5) is 1.48. The minimum atomic E-state index is -0.384. The van der Waals surface area contributed by atoms with Gasteiger partial charge in [-0.25, -0.2) is 0 Å². The molecule has 2 aromatic rings. The van der Waals surface area contributed by atoms with Gasteiger partial charge in [-0.3, -0.25) is 5.10 Å². The van der Waals surface area contributed by atoms with E-state index in [1.807, 2.05) is 25.1 Å². The number of nitrogens with zero attached hydrogens (tertiary/aromatic N) is 2. The molecule has 176 valence electrons. The van der Waals surface area contributed by atoms with E-state index < -0.39 is 0 Å². The highest BCUT2D eigenvalue weighted by Gasteiger charge is 2.35. The number of allylic oxidation sites excluding steroid dienone is 1. The van der Waals surface area contributed by atoms with Crippen LogP contribution in [0.3, 0.4) is 0 Å². The zero-order chi connectivity index (χ0) is 23.2. The Balaban J connectivity index is 1.62. The number of nitriles is 1. The van der Waals surface area contributed by atoms with Gasteiger partial charge in [0, 0.05) is 11.3 Å². The van der Waals surface area contributed by atoms with Crippen LogP contribution in [0.2, 0.25) is 0 Å². The highest BCUT2D eigenvalue weighted by atomic mass is 16.5. The minimum absolute atomic E-state index is 0.0799. The quantitative estimate of drug-likeness (QED) is 0.522. The average molecular weight is 455 g/mol. The Morgan fingerprint density at radius 1 is 1.24 bits per heavy atom. The van der Waals surface area contributed by atoms with E-state index in [-0.39, 0.29) is 11.8 Å². The lowest BCUT2D eigenvalue weighted by Crippen LogP contribution is -3.14. The highest BCUT2D eigenvalue weighted by Crippen LogP contribution is 2.44. The summed E-state index contributed by atoms with van der Waals surface area (Å²) >= 11 is 0. The smallest absolute Gasteiger partial charge is 0.244 e. The van der Waals surface area contributed by atoms with Crippen LogP contribution < -0.4 is 24.8 Å². The number of nitrogens with one attached hydrogen (secondary N) is 2. The van der Waals surface area contributed by atoms with E-state index in [2.05, 4.69) is 23.2 Å². The summed E-state index contributed by atoms with van der Waals surface area (Å²) in [6, 6.07) is 8.06. The standard InChI is InChI=1S/C24H31N5O4/c1-3-5-18-22-21(17(15-25)23(26)33-24(22)28-27-18)16-6-7-19(20(14-16)31-4-2)32-13-10-29-8-11-30-12-9-29/h6-7,14,21H,3-5,8-13,26H2,1-2H3,(H,27,28)/p+1/t21-/m0/s1. The summed E-state index contributed by atoms with van der Waals surface area (Å²) in [6.45, 7) is 9.64. The second-order valence-electron chi connectivity index (χ2n) is 8.20. The van der Waals surface area contributed by atoms with Crippen molar-refractivity contribution in [2.75, 3.05) is 46.1 Å². The molecule has 0 bridgehead atoms. The molecule has 9 nitrogen and oxygen atoms in total. The lowest BCUT2D eigenvalue weighted by atomic mass is 9.83. The monoisotopic (exact) mass is 454 g/mol. The fourth-order valence-corrected chi connectivity index (χ4v) is 4.39. The van der Waals surface area contributed by atoms with Gasteiger partial charge in [0.2, 0.25) is 11.8 Å². The van der Waals surface area contributed by atoms with Gasteiger partial charge in [-0.2, -0.15) is 5.26 Å². The number of morpholine rings is 1. The Bertz CT molecular complexity index is 1040. The van der Waals surface area contributed by atoms with Gasteiger partial charge in [0.25, 0.3) is 0 Å². The fraction of sp³-hybridized carbons (Fsp3) is 0.500. The first-order valence-electron chi connectivity index (χ1n) is 11.6. The van der Waals surface area contributed by atoms with Crippen LogP contribution >= 0.6 is 0 Å². The first-order chi connectivity index (χ1) is 16.2. The number of H-pyrrole nitrogens is 1. The molecule has 0 unspecified atom stereocenters. The Labute approximate surface area is 194 Å². The summed E-state index contributed by atoms with van der Waals surface area (Å²) in [5.74, 6) is 1.46. The Morgan fingerprint density at radius 3 is 2.79 bits per heavy atom. The number of benzene rings is 1. The maximum atomic E-state index is 9.88. The summed E-state index contributed by atoms with van der Waals surface area (Å²) in [5.41, 5.74) is 9.15. The molecule has 1 saturated heterocycles. The molecule has 0 spiro atoms. The SMILES string of the molecule is CCCc1[nH]nc2c1[C@@H](c1ccc(OCC[NH+]3CCOCC3)c(OCC)c1)C(C#N)=C(N)O2. The summed E-state index contributed by atoms with van der Waals surface area (Å²) in [5, 5.41) is 17.2. The number of quaternary nitrogens is 1. The molecule has 33 heavy (non-hydrogen) atoms. The second-order valence-corrected chi connectivity index (χ2v) is 8.20. The van der Waals surface area contributed by atoms with Gasteiger partial charge in [0.1, 0.15) is 37.9 Å². The summed E-state index contributed by atoms with van der Waals surface area (Å²) in [7, 11) is 0. The van der Waals surface area contributed by atoms with Crippen LogP contribution in [-0.4, -0.2) is 56.3 Å². The third kappa shape index (κ3) is 4.92. The van der Waals surface area contributed by atoms with E-state index in [9.17, 15) is 5.26 Å². The predicted molar refractivity (Wildman–Crippen MR) is 121 cm³/mol. The van der Waals surface area contributed by atoms with Gasteiger partial charge >= 0.3 is 0 Å². The van der Waals surface area contributed by atoms with Gasteiger partial charge in [-0.1, -0.05) is 19.4 Å². The topological polar surface area (TPSA) is 120 Å². The van der Waals surface area contributed by atoms with Gasteiger partial charge in [-0.05, 0) is 31.0 Å². The van der Waals surface area contributed by atoms with Crippen molar-refractivity contribution in [3.63, 3.8) is 0 Å². The predicted octanol–water partition coefficient (Wildman–Crippen LogP) is 1.27. The molecule has 1 aromatic carbocycles. The van der Waals surface area contributed by atoms with Crippen molar-refractivity contribution in [2.45, 2.75) is 32.6 Å². The highest BCUT2D eigenvalue weighted by molar-refractivity contribution is 5.57. The van der Waals surface area contributed by atoms with E-state index in [1.165, 1.54) is 4.90 Å². The van der Waals surface area contributed by atoms with Crippen molar-refractivity contribution in [3.8, 4) is 23.4 Å². The molecule has 4 N–H and O–H groups in total. The van der Waals surface area contributed by atoms with Gasteiger partial charge in [-0.15, -0.1) is 5.10 Å². The lowest BCUT2D eigenvalue weighted by molar-refractivity contribution is -0.908. The first kappa shape index (κ1) is 23.0. The zero-order valence-electron chi connectivity index (χ0n) is 19.3. The number of hydrogen-bond acceptors (Lipinski definition) is 7. The van der Waals surface area contributed by atoms with Gasteiger partial charge in [0.15, 0.2) is 11.5 Å². The third-order valence-corrected chi connectivity index (χ3v) is 6.03. The normalized spacial score (nSPS) is 18.4. The number of aryl methyl sites for hydroxylation is 1. The van der Waals surface area contributed by atoms with Gasteiger partial charge in [0.05, 0.1) is 25.7 Å². The van der Waals surface area contributed by atoms with E-state index in [4.69, 9.17) is 24.7 Å². The first-order valence-corrected chi connectivity index (χ1v) is 11.6. The van der Waals surface area contributed by atoms with Crippen LogP contribution in [0, 0.1) is 11.3 Å². The minimum Gasteiger partial charge on any atom is -0.490 e. The molecular weight excluding hydrogens is 422 g/mol. The molecule has 0 amide bonds. The molecule has 0 aliphatic carbocycles. The number of ether oxygens (including phenoxy) is 4. The van der Waals surface area contributed by atoms with Crippen molar-refractivity contribution in [1.29, 1.82) is 5.26 Å². The lowest BCUT2D eigenvalue weighted by Gasteiger charge is -2.25. The Hall–Kier alpha value is -3.22. The molecule has 9 heteroatoms. The maximum Gasteiger partial charge on any atom is 0.244 e. The average Bonchev–Trinajstić information content (AvgIpc) is 3.22. The van der Waals surface area contributed by atoms with E-state index >= 15 is 0 Å². The van der Waals surface area contributed by atoms with E-state index in [0.717, 1.165) is 62.5 Å². The van der Waals surface area contributed by atoms with Crippen molar-refractivity contribution in [3.05, 3.63) is 46.5 Å². The Morgan fingerprint density at radius 2 is 2.06 bits per heavy atom. The van der Waals surface area contributed by atoms with Crippen molar-refractivity contribution < 1.29 is 23.8 Å². The zero-order valence-corrected chi connectivity index (χ0v) is 19.3. The molecule has 1 aromatic heterocycles. The van der Waals surface area contributed by atoms with Crippen molar-refractivity contribution in [1.82, 2.24) is 10.2 Å². The summed E-state index contributed by atoms with van der Waals surface area (Å²) in [6.07, 6.45) is 1.73. The number of aromatic amines is 1. The van der Waals surface area contributed by atoms with Crippen LogP contribution in [0.1, 0.15) is 43.0 Å². The molecule has 1 fully saturated rings. The largest absolute Gasteiger partial charge is 0.490 e. The second kappa shape index (κ2) is 10.6. The number of nitrogens with two attached hydrogens (primary N) is 1. The van der Waals surface area contributed by atoms with E-state index in [1.54, 1.807) is 0 Å². The van der Waals surface area contributed by atoms with Crippen LogP contribution in [0.5, 0.6) is 17.4 Å². The molecule has 0 radical (unpaired) electrons. The van der Waals surface area contributed by atoms with Crippen LogP contribution in [-0.2, 0) is 11.2 Å². The van der Waals surface area contributed by atoms with Gasteiger partial charge < -0.3 is 29.6 Å². The number of rotatable bonds is 9. The number of aromatic nitrogens is 2. The molecule has 0 saturated carbocycles. The van der Waals surface area contributed by atoms with Crippen LogP contribution in [0.4, 0.5) is 0 Å². The molecule has 2 aliphatic rings. The molecular formula is C24H32N5O4+. The van der Waals surface area contributed by atoms with Crippen LogP contribution in [0.25, 0.3) is 0 Å². The fourth-order valence-electron chi connectivity index (χ4n) is 4.39. The summed E-state index contributed by atoms with van der Waals surface area (Å²) < 4.78 is 23.1.